The molecule has 7 heteroatoms. The van der Waals surface area contributed by atoms with Crippen LogP contribution in [-0.2, 0) is 14.3 Å². The molecule has 25 heavy (non-hydrogen) atoms. The van der Waals surface area contributed by atoms with Crippen LogP contribution in [0.2, 0.25) is 0 Å². The summed E-state index contributed by atoms with van der Waals surface area (Å²) in [5.74, 6) is -0.166. The fraction of sp³-hybridized carbons (Fsp3) is 0.556. The highest BCUT2D eigenvalue weighted by molar-refractivity contribution is 5.84. The molecule has 0 saturated carbocycles. The Bertz CT molecular complexity index is 529. The lowest BCUT2D eigenvalue weighted by Gasteiger charge is -2.16. The highest BCUT2D eigenvalue weighted by Gasteiger charge is 2.21. The Balaban J connectivity index is 2.38. The quantitative estimate of drug-likeness (QED) is 0.559. The molecule has 2 N–H and O–H groups in total. The summed E-state index contributed by atoms with van der Waals surface area (Å²) >= 11 is 0. The monoisotopic (exact) mass is 353 g/mol. The summed E-state index contributed by atoms with van der Waals surface area (Å²) in [6.45, 7) is 7.11. The molecule has 0 aromatic heterocycles. The molecule has 1 atom stereocenters. The van der Waals surface area contributed by atoms with Crippen molar-refractivity contribution in [2.24, 2.45) is 5.92 Å². The Kier molecular flexibility index (Phi) is 9.39. The van der Waals surface area contributed by atoms with E-state index in [9.17, 15) is 9.59 Å². The number of carboxylic acids is 1. The Hall–Kier alpha value is -2.28. The van der Waals surface area contributed by atoms with Crippen molar-refractivity contribution in [3.8, 4) is 11.5 Å². The second-order valence-corrected chi connectivity index (χ2v) is 5.89. The van der Waals surface area contributed by atoms with Crippen molar-refractivity contribution in [1.29, 1.82) is 0 Å². The van der Waals surface area contributed by atoms with Crippen LogP contribution in [0.5, 0.6) is 11.5 Å². The van der Waals surface area contributed by atoms with Gasteiger partial charge < -0.3 is 24.6 Å². The standard InChI is InChI=1S/C18H27NO6/c1-4-23-9-10-24-14-5-7-15(8-6-14)25-12-17(20)19-16(18(21)22)11-13(2)3/h5-8,13,16H,4,9-12H2,1-3H3,(H,19,20)(H,21,22). The molecule has 0 saturated heterocycles. The van der Waals surface area contributed by atoms with Crippen LogP contribution in [0.1, 0.15) is 27.2 Å². The number of carboxylic acid groups (broad SMARTS) is 1. The van der Waals surface area contributed by atoms with E-state index in [1.54, 1.807) is 24.3 Å². The summed E-state index contributed by atoms with van der Waals surface area (Å²) in [5, 5.41) is 11.6. The number of carbonyl (C=O) groups is 2. The number of hydrogen-bond donors (Lipinski definition) is 2. The lowest BCUT2D eigenvalue weighted by molar-refractivity contribution is -0.142. The molecule has 1 aromatic carbocycles. The van der Waals surface area contributed by atoms with Gasteiger partial charge >= 0.3 is 5.97 Å². The first kappa shape index (κ1) is 20.8. The molecule has 0 fully saturated rings. The third-order valence-electron chi connectivity index (χ3n) is 3.23. The summed E-state index contributed by atoms with van der Waals surface area (Å²) in [6, 6.07) is 5.94. The number of benzene rings is 1. The van der Waals surface area contributed by atoms with Gasteiger partial charge in [-0.2, -0.15) is 0 Å². The van der Waals surface area contributed by atoms with Crippen molar-refractivity contribution in [3.63, 3.8) is 0 Å². The van der Waals surface area contributed by atoms with Gasteiger partial charge in [-0.3, -0.25) is 4.79 Å². The van der Waals surface area contributed by atoms with Crippen molar-refractivity contribution < 1.29 is 28.9 Å². The van der Waals surface area contributed by atoms with Crippen LogP contribution in [0.4, 0.5) is 0 Å². The first-order valence-electron chi connectivity index (χ1n) is 8.38. The number of rotatable bonds is 12. The zero-order chi connectivity index (χ0) is 18.7. The average molecular weight is 353 g/mol. The van der Waals surface area contributed by atoms with Crippen LogP contribution >= 0.6 is 0 Å². The van der Waals surface area contributed by atoms with Crippen LogP contribution in [0, 0.1) is 5.92 Å². The Morgan fingerprint density at radius 3 is 2.20 bits per heavy atom. The largest absolute Gasteiger partial charge is 0.491 e. The number of carbonyl (C=O) groups excluding carboxylic acids is 1. The number of ether oxygens (including phenoxy) is 3. The van der Waals surface area contributed by atoms with Crippen molar-refractivity contribution in [3.05, 3.63) is 24.3 Å². The van der Waals surface area contributed by atoms with Crippen molar-refractivity contribution in [2.45, 2.75) is 33.2 Å². The molecule has 7 nitrogen and oxygen atoms in total. The number of amides is 1. The molecule has 0 aliphatic heterocycles. The lowest BCUT2D eigenvalue weighted by Crippen LogP contribution is -2.43. The van der Waals surface area contributed by atoms with Gasteiger partial charge in [0.05, 0.1) is 6.61 Å². The maximum atomic E-state index is 11.8. The molecule has 1 aromatic rings. The summed E-state index contributed by atoms with van der Waals surface area (Å²) in [7, 11) is 0. The SMILES string of the molecule is CCOCCOc1ccc(OCC(=O)NC(CC(C)C)C(=O)O)cc1. The summed E-state index contributed by atoms with van der Waals surface area (Å²) in [6.07, 6.45) is 0.370. The van der Waals surface area contributed by atoms with Crippen LogP contribution in [0.25, 0.3) is 0 Å². The van der Waals surface area contributed by atoms with Gasteiger partial charge in [0.1, 0.15) is 24.1 Å². The Morgan fingerprint density at radius 2 is 1.68 bits per heavy atom. The van der Waals surface area contributed by atoms with Gasteiger partial charge in [0, 0.05) is 6.61 Å². The van der Waals surface area contributed by atoms with Crippen LogP contribution in [0.15, 0.2) is 24.3 Å². The van der Waals surface area contributed by atoms with Gasteiger partial charge in [-0.15, -0.1) is 0 Å². The molecule has 140 valence electrons. The normalized spacial score (nSPS) is 11.8. The second kappa shape index (κ2) is 11.3. The van der Waals surface area contributed by atoms with Gasteiger partial charge in [0.2, 0.25) is 0 Å². The third-order valence-corrected chi connectivity index (χ3v) is 3.23. The van der Waals surface area contributed by atoms with Crippen molar-refractivity contribution in [2.75, 3.05) is 26.4 Å². The number of aliphatic carboxylic acids is 1. The minimum Gasteiger partial charge on any atom is -0.491 e. The highest BCUT2D eigenvalue weighted by atomic mass is 16.5. The fourth-order valence-corrected chi connectivity index (χ4v) is 2.07. The Labute approximate surface area is 148 Å². The van der Waals surface area contributed by atoms with Crippen LogP contribution in [0.3, 0.4) is 0 Å². The lowest BCUT2D eigenvalue weighted by atomic mass is 10.0. The number of nitrogens with one attached hydrogen (secondary N) is 1. The van der Waals surface area contributed by atoms with Gasteiger partial charge in [0.25, 0.3) is 5.91 Å². The van der Waals surface area contributed by atoms with Gasteiger partial charge in [-0.1, -0.05) is 13.8 Å². The molecule has 0 heterocycles. The molecule has 1 unspecified atom stereocenters. The van der Waals surface area contributed by atoms with E-state index in [1.165, 1.54) is 0 Å². The fourth-order valence-electron chi connectivity index (χ4n) is 2.07. The average Bonchev–Trinajstić information content (AvgIpc) is 2.57. The summed E-state index contributed by atoms with van der Waals surface area (Å²) in [4.78, 5) is 23.0. The molecular weight excluding hydrogens is 326 g/mol. The zero-order valence-corrected chi connectivity index (χ0v) is 15.0. The molecule has 0 radical (unpaired) electrons. The minimum absolute atomic E-state index is 0.164. The summed E-state index contributed by atoms with van der Waals surface area (Å²) in [5.41, 5.74) is 0. The number of hydrogen-bond acceptors (Lipinski definition) is 5. The third kappa shape index (κ3) is 8.95. The first-order chi connectivity index (χ1) is 11.9. The maximum absolute atomic E-state index is 11.8. The first-order valence-corrected chi connectivity index (χ1v) is 8.38. The topological polar surface area (TPSA) is 94.1 Å². The van der Waals surface area contributed by atoms with Crippen LogP contribution < -0.4 is 14.8 Å². The predicted octanol–water partition coefficient (Wildman–Crippen LogP) is 2.10. The molecule has 0 bridgehead atoms. The highest BCUT2D eigenvalue weighted by Crippen LogP contribution is 2.17. The van der Waals surface area contributed by atoms with Gasteiger partial charge in [-0.25, -0.2) is 4.79 Å². The van der Waals surface area contributed by atoms with E-state index in [-0.39, 0.29) is 12.5 Å². The molecule has 1 rings (SSSR count). The van der Waals surface area contributed by atoms with E-state index >= 15 is 0 Å². The second-order valence-electron chi connectivity index (χ2n) is 5.89. The van der Waals surface area contributed by atoms with E-state index in [4.69, 9.17) is 19.3 Å². The molecule has 0 aliphatic carbocycles. The Morgan fingerprint density at radius 1 is 1.08 bits per heavy atom. The van der Waals surface area contributed by atoms with Crippen molar-refractivity contribution in [1.82, 2.24) is 5.32 Å². The molecule has 0 spiro atoms. The van der Waals surface area contributed by atoms with E-state index in [0.29, 0.717) is 37.7 Å². The summed E-state index contributed by atoms with van der Waals surface area (Å²) < 4.78 is 16.0. The smallest absolute Gasteiger partial charge is 0.326 e. The van der Waals surface area contributed by atoms with Crippen LogP contribution in [-0.4, -0.2) is 49.5 Å². The van der Waals surface area contributed by atoms with E-state index in [0.717, 1.165) is 0 Å². The molecule has 1 amide bonds. The molecular formula is C18H27NO6. The zero-order valence-electron chi connectivity index (χ0n) is 15.0. The minimum atomic E-state index is -1.05. The maximum Gasteiger partial charge on any atom is 0.326 e. The van der Waals surface area contributed by atoms with E-state index < -0.39 is 17.9 Å². The molecule has 0 aliphatic rings. The van der Waals surface area contributed by atoms with Crippen molar-refractivity contribution >= 4 is 11.9 Å². The van der Waals surface area contributed by atoms with E-state index in [2.05, 4.69) is 5.32 Å². The predicted molar refractivity (Wildman–Crippen MR) is 92.9 cm³/mol. The van der Waals surface area contributed by atoms with Gasteiger partial charge in [-0.05, 0) is 43.5 Å². The van der Waals surface area contributed by atoms with Gasteiger partial charge in [0.15, 0.2) is 6.61 Å². The van der Waals surface area contributed by atoms with E-state index in [1.807, 2.05) is 20.8 Å².